The Morgan fingerprint density at radius 1 is 0.720 bits per heavy atom. The fraction of sp³-hybridized carbons (Fsp3) is 1.00. The zero-order chi connectivity index (χ0) is 17.3. The van der Waals surface area contributed by atoms with Gasteiger partial charge in [-0.3, -0.25) is 0 Å². The minimum Gasteiger partial charge on any atom is -0.397 e. The van der Waals surface area contributed by atoms with E-state index in [1.54, 1.807) is 0 Å². The Morgan fingerprint density at radius 2 is 1.40 bits per heavy atom. The summed E-state index contributed by atoms with van der Waals surface area (Å²) in [6.45, 7) is 1.17. The number of hydrogen-bond donors (Lipinski definition) is 1. The monoisotopic (exact) mass is 365 g/mol. The molecule has 4 heteroatoms. The van der Waals surface area contributed by atoms with Gasteiger partial charge in [0.1, 0.15) is 0 Å². The van der Waals surface area contributed by atoms with Gasteiger partial charge >= 0.3 is 8.56 Å². The lowest BCUT2D eigenvalue weighted by Gasteiger charge is -2.52. The molecular weight excluding hydrogens is 326 g/mol. The minimum absolute atomic E-state index is 0.520. The minimum atomic E-state index is -2.24. The van der Waals surface area contributed by atoms with Crippen molar-refractivity contribution in [3.63, 3.8) is 0 Å². The highest BCUT2D eigenvalue weighted by atomic mass is 28.4. The Kier molecular flexibility index (Phi) is 5.90. The summed E-state index contributed by atoms with van der Waals surface area (Å²) >= 11 is 0. The van der Waals surface area contributed by atoms with Gasteiger partial charge in [0.2, 0.25) is 0 Å². The van der Waals surface area contributed by atoms with Crippen LogP contribution < -0.4 is 5.32 Å². The lowest BCUT2D eigenvalue weighted by molar-refractivity contribution is 0.0991. The third-order valence-electron chi connectivity index (χ3n) is 8.46. The van der Waals surface area contributed by atoms with Crippen LogP contribution in [0.4, 0.5) is 0 Å². The highest BCUT2D eigenvalue weighted by Gasteiger charge is 2.57. The summed E-state index contributed by atoms with van der Waals surface area (Å²) in [6, 6.07) is 0. The first-order chi connectivity index (χ1) is 12.3. The molecule has 1 saturated heterocycles. The largest absolute Gasteiger partial charge is 0.397 e. The second-order valence-electron chi connectivity index (χ2n) is 9.37. The highest BCUT2D eigenvalue weighted by Crippen LogP contribution is 2.51. The van der Waals surface area contributed by atoms with Gasteiger partial charge in [0.25, 0.3) is 0 Å². The van der Waals surface area contributed by atoms with E-state index in [0.717, 1.165) is 23.7 Å². The van der Waals surface area contributed by atoms with Crippen LogP contribution in [0, 0.1) is 23.7 Å². The molecule has 1 aliphatic heterocycles. The van der Waals surface area contributed by atoms with Crippen LogP contribution in [0.5, 0.6) is 0 Å². The van der Waals surface area contributed by atoms with Crippen molar-refractivity contribution in [3.8, 4) is 0 Å². The Morgan fingerprint density at radius 3 is 2.16 bits per heavy atom. The van der Waals surface area contributed by atoms with E-state index < -0.39 is 8.56 Å². The zero-order valence-electron chi connectivity index (χ0n) is 16.5. The van der Waals surface area contributed by atoms with E-state index in [0.29, 0.717) is 11.2 Å². The van der Waals surface area contributed by atoms with E-state index in [4.69, 9.17) is 8.85 Å². The molecular formula is C21H39NO2Si. The quantitative estimate of drug-likeness (QED) is 0.727. The Bertz CT molecular complexity index is 440. The molecule has 1 N–H and O–H groups in total. The van der Waals surface area contributed by atoms with Gasteiger partial charge in [0, 0.05) is 19.8 Å². The standard InChI is InChI=1S/C21H39NO2Si/c1-23-25(24-2,19-12-11-16-7-3-4-9-18(16)15-19)21-20-10-6-5-8-17(20)13-14-22-21/h16-22H,3-15H2,1-2H3. The summed E-state index contributed by atoms with van der Waals surface area (Å²) in [5.41, 5.74) is 1.21. The molecule has 0 aromatic carbocycles. The third-order valence-corrected chi connectivity index (χ3v) is 12.9. The molecule has 3 saturated carbocycles. The third kappa shape index (κ3) is 3.37. The molecule has 0 bridgehead atoms. The van der Waals surface area contributed by atoms with Crippen molar-refractivity contribution in [2.45, 2.75) is 88.3 Å². The van der Waals surface area contributed by atoms with Crippen molar-refractivity contribution < 1.29 is 8.85 Å². The fourth-order valence-corrected chi connectivity index (χ4v) is 11.7. The maximum atomic E-state index is 6.45. The second-order valence-corrected chi connectivity index (χ2v) is 13.1. The van der Waals surface area contributed by atoms with Crippen molar-refractivity contribution in [2.75, 3.05) is 20.8 Å². The van der Waals surface area contributed by atoms with Gasteiger partial charge in [-0.15, -0.1) is 0 Å². The van der Waals surface area contributed by atoms with E-state index in [2.05, 4.69) is 5.32 Å². The van der Waals surface area contributed by atoms with Crippen LogP contribution in [0.1, 0.15) is 77.0 Å². The van der Waals surface area contributed by atoms with E-state index in [-0.39, 0.29) is 0 Å². The SMILES string of the molecule is CO[Si](OC)(C1CCC2CCCCC2C1)C1NCCC2CCCCC21. The van der Waals surface area contributed by atoms with Crippen LogP contribution >= 0.6 is 0 Å². The van der Waals surface area contributed by atoms with Crippen molar-refractivity contribution in [1.29, 1.82) is 0 Å². The van der Waals surface area contributed by atoms with Crippen LogP contribution in [-0.2, 0) is 8.85 Å². The smallest absolute Gasteiger partial charge is 0.358 e. The molecule has 3 aliphatic carbocycles. The Labute approximate surface area is 155 Å². The van der Waals surface area contributed by atoms with Gasteiger partial charge in [0.05, 0.1) is 5.67 Å². The molecule has 6 unspecified atom stereocenters. The molecule has 6 atom stereocenters. The Hall–Kier alpha value is 0.0969. The molecule has 144 valence electrons. The topological polar surface area (TPSA) is 30.5 Å². The lowest BCUT2D eigenvalue weighted by Crippen LogP contribution is -2.68. The predicted molar refractivity (Wildman–Crippen MR) is 105 cm³/mol. The number of piperidine rings is 1. The molecule has 0 aromatic heterocycles. The summed E-state index contributed by atoms with van der Waals surface area (Å²) in [5.74, 6) is 3.68. The van der Waals surface area contributed by atoms with Gasteiger partial charge in [-0.05, 0) is 55.9 Å². The van der Waals surface area contributed by atoms with Gasteiger partial charge in [-0.1, -0.05) is 51.4 Å². The maximum absolute atomic E-state index is 6.45. The molecule has 4 rings (SSSR count). The molecule has 1 heterocycles. The van der Waals surface area contributed by atoms with Crippen LogP contribution in [0.15, 0.2) is 0 Å². The van der Waals surface area contributed by atoms with E-state index >= 15 is 0 Å². The molecule has 0 spiro atoms. The van der Waals surface area contributed by atoms with Crippen molar-refractivity contribution in [1.82, 2.24) is 5.32 Å². The van der Waals surface area contributed by atoms with E-state index in [1.807, 2.05) is 14.2 Å². The molecule has 0 amide bonds. The first kappa shape index (κ1) is 18.5. The number of fused-ring (bicyclic) bond motifs is 2. The van der Waals surface area contributed by atoms with Crippen molar-refractivity contribution in [2.24, 2.45) is 23.7 Å². The number of rotatable bonds is 4. The first-order valence-corrected chi connectivity index (χ1v) is 13.1. The lowest BCUT2D eigenvalue weighted by atomic mass is 9.71. The summed E-state index contributed by atoms with van der Waals surface area (Å²) in [4.78, 5) is 0. The first-order valence-electron chi connectivity index (χ1n) is 11.1. The molecule has 4 aliphatic rings. The molecule has 4 fully saturated rings. The van der Waals surface area contributed by atoms with Crippen molar-refractivity contribution in [3.05, 3.63) is 0 Å². The highest BCUT2D eigenvalue weighted by molar-refractivity contribution is 6.70. The van der Waals surface area contributed by atoms with Crippen LogP contribution in [0.25, 0.3) is 0 Å². The summed E-state index contributed by atoms with van der Waals surface area (Å²) in [6.07, 6.45) is 17.1. The van der Waals surface area contributed by atoms with Crippen LogP contribution in [0.3, 0.4) is 0 Å². The fourth-order valence-electron chi connectivity index (χ4n) is 7.21. The van der Waals surface area contributed by atoms with E-state index in [9.17, 15) is 0 Å². The van der Waals surface area contributed by atoms with E-state index in [1.165, 1.54) is 83.6 Å². The van der Waals surface area contributed by atoms with Crippen LogP contribution in [0.2, 0.25) is 5.54 Å². The van der Waals surface area contributed by atoms with Gasteiger partial charge in [0.15, 0.2) is 0 Å². The van der Waals surface area contributed by atoms with Crippen LogP contribution in [-0.4, -0.2) is 35.0 Å². The maximum Gasteiger partial charge on any atom is 0.358 e. The van der Waals surface area contributed by atoms with Gasteiger partial charge < -0.3 is 14.2 Å². The second kappa shape index (κ2) is 8.00. The van der Waals surface area contributed by atoms with Gasteiger partial charge in [-0.2, -0.15) is 0 Å². The molecule has 0 radical (unpaired) electrons. The Balaban J connectivity index is 1.56. The molecule has 3 nitrogen and oxygen atoms in total. The number of hydrogen-bond acceptors (Lipinski definition) is 3. The summed E-state index contributed by atoms with van der Waals surface area (Å²) < 4.78 is 12.9. The predicted octanol–water partition coefficient (Wildman–Crippen LogP) is 4.79. The van der Waals surface area contributed by atoms with Crippen molar-refractivity contribution >= 4 is 8.56 Å². The summed E-state index contributed by atoms with van der Waals surface area (Å²) in [7, 11) is 1.70. The number of nitrogens with one attached hydrogen (secondary N) is 1. The zero-order valence-corrected chi connectivity index (χ0v) is 17.5. The van der Waals surface area contributed by atoms with Gasteiger partial charge in [-0.25, -0.2) is 0 Å². The normalized spacial score (nSPS) is 42.5. The summed E-state index contributed by atoms with van der Waals surface area (Å²) in [5, 5.41) is 3.94. The molecule has 25 heavy (non-hydrogen) atoms. The molecule has 0 aromatic rings. The average molecular weight is 366 g/mol. The average Bonchev–Trinajstić information content (AvgIpc) is 2.69.